The maximum Gasteiger partial charge on any atom is 0.339 e. The molecule has 0 unspecified atom stereocenters. The molecule has 0 aromatic heterocycles. The van der Waals surface area contributed by atoms with E-state index in [-0.39, 0.29) is 5.56 Å². The summed E-state index contributed by atoms with van der Waals surface area (Å²) in [5.41, 5.74) is 3.71. The van der Waals surface area contributed by atoms with Crippen LogP contribution in [-0.2, 0) is 5.75 Å². The second-order valence-corrected chi connectivity index (χ2v) is 5.92. The first-order valence-corrected chi connectivity index (χ1v) is 7.60. The molecule has 0 radical (unpaired) electrons. The second-order valence-electron chi connectivity index (χ2n) is 4.87. The van der Waals surface area contributed by atoms with E-state index in [1.54, 1.807) is 23.9 Å². The minimum atomic E-state index is -0.968. The van der Waals surface area contributed by atoms with Gasteiger partial charge in [0.05, 0.1) is 7.11 Å². The number of thioether (sulfide) groups is 1. The summed E-state index contributed by atoms with van der Waals surface area (Å²) < 4.78 is 5.07. The maximum absolute atomic E-state index is 11.2. The molecule has 0 aliphatic heterocycles. The molecule has 3 nitrogen and oxygen atoms in total. The molecule has 0 spiro atoms. The molecule has 0 atom stereocenters. The van der Waals surface area contributed by atoms with Crippen LogP contribution in [0.15, 0.2) is 41.3 Å². The Morgan fingerprint density at radius 1 is 1.14 bits per heavy atom. The fourth-order valence-electron chi connectivity index (χ4n) is 1.98. The summed E-state index contributed by atoms with van der Waals surface area (Å²) in [4.78, 5) is 12.4. The molecule has 21 heavy (non-hydrogen) atoms. The van der Waals surface area contributed by atoms with Crippen LogP contribution < -0.4 is 4.74 Å². The summed E-state index contributed by atoms with van der Waals surface area (Å²) in [5.74, 6) is 0.152. The lowest BCUT2D eigenvalue weighted by molar-refractivity contribution is 0.0693. The number of rotatable bonds is 5. The molecule has 0 bridgehead atoms. The quantitative estimate of drug-likeness (QED) is 0.836. The lowest BCUT2D eigenvalue weighted by Gasteiger charge is -2.08. The van der Waals surface area contributed by atoms with Crippen LogP contribution in [0.2, 0.25) is 0 Å². The second kappa shape index (κ2) is 6.68. The van der Waals surface area contributed by atoms with Crippen LogP contribution in [0.4, 0.5) is 0 Å². The van der Waals surface area contributed by atoms with Crippen LogP contribution in [0.3, 0.4) is 0 Å². The average molecular weight is 302 g/mol. The van der Waals surface area contributed by atoms with E-state index in [4.69, 9.17) is 4.74 Å². The summed E-state index contributed by atoms with van der Waals surface area (Å²) in [6.45, 7) is 4.18. The van der Waals surface area contributed by atoms with E-state index in [1.165, 1.54) is 23.1 Å². The van der Waals surface area contributed by atoms with Crippen LogP contribution >= 0.6 is 11.8 Å². The van der Waals surface area contributed by atoms with Crippen molar-refractivity contribution in [3.05, 3.63) is 58.7 Å². The highest BCUT2D eigenvalue weighted by molar-refractivity contribution is 7.98. The van der Waals surface area contributed by atoms with E-state index in [0.29, 0.717) is 5.75 Å². The van der Waals surface area contributed by atoms with E-state index >= 15 is 0 Å². The van der Waals surface area contributed by atoms with E-state index in [9.17, 15) is 9.90 Å². The van der Waals surface area contributed by atoms with E-state index in [2.05, 4.69) is 32.0 Å². The van der Waals surface area contributed by atoms with Gasteiger partial charge in [-0.15, -0.1) is 11.8 Å². The van der Waals surface area contributed by atoms with Crippen molar-refractivity contribution < 1.29 is 14.6 Å². The smallest absolute Gasteiger partial charge is 0.339 e. The van der Waals surface area contributed by atoms with Crippen molar-refractivity contribution in [2.24, 2.45) is 0 Å². The molecule has 0 amide bonds. The molecule has 2 aromatic carbocycles. The van der Waals surface area contributed by atoms with Gasteiger partial charge in [-0.3, -0.25) is 0 Å². The number of hydrogen-bond acceptors (Lipinski definition) is 3. The highest BCUT2D eigenvalue weighted by Gasteiger charge is 2.11. The molecule has 1 N–H and O–H groups in total. The minimum absolute atomic E-state index is 0.204. The molecule has 2 aromatic rings. The molecule has 0 heterocycles. The zero-order valence-electron chi connectivity index (χ0n) is 12.3. The zero-order valence-corrected chi connectivity index (χ0v) is 13.2. The van der Waals surface area contributed by atoms with Crippen molar-refractivity contribution in [1.29, 1.82) is 0 Å². The normalized spacial score (nSPS) is 10.4. The fraction of sp³-hybridized carbons (Fsp3) is 0.235. The van der Waals surface area contributed by atoms with Gasteiger partial charge in [0.25, 0.3) is 0 Å². The third-order valence-electron chi connectivity index (χ3n) is 3.38. The molecule has 0 saturated heterocycles. The largest absolute Gasteiger partial charge is 0.496 e. The molecule has 0 aliphatic carbocycles. The Morgan fingerprint density at radius 3 is 2.52 bits per heavy atom. The molecule has 2 rings (SSSR count). The Hall–Kier alpha value is -1.94. The standard InChI is InChI=1S/C17H18O3S/c1-11-4-6-14(8-12(11)2)21-10-13-5-7-16(20-3)15(9-13)17(18)19/h4-9H,10H2,1-3H3,(H,18,19). The first-order chi connectivity index (χ1) is 10.0. The number of carbonyl (C=O) groups is 1. The number of carboxylic acid groups (broad SMARTS) is 1. The molecule has 0 saturated carbocycles. The molecular formula is C17H18O3S. The van der Waals surface area contributed by atoms with Gasteiger partial charge in [0.1, 0.15) is 11.3 Å². The Morgan fingerprint density at radius 2 is 1.90 bits per heavy atom. The first kappa shape index (κ1) is 15.4. The van der Waals surface area contributed by atoms with Crippen LogP contribution in [0, 0.1) is 13.8 Å². The highest BCUT2D eigenvalue weighted by Crippen LogP contribution is 2.27. The number of carboxylic acids is 1. The predicted molar refractivity (Wildman–Crippen MR) is 85.4 cm³/mol. The lowest BCUT2D eigenvalue weighted by atomic mass is 10.1. The Balaban J connectivity index is 2.14. The van der Waals surface area contributed by atoms with Gasteiger partial charge >= 0.3 is 5.97 Å². The summed E-state index contributed by atoms with van der Waals surface area (Å²) in [6, 6.07) is 11.6. The Labute approximate surface area is 129 Å². The van der Waals surface area contributed by atoms with Gasteiger partial charge in [-0.2, -0.15) is 0 Å². The van der Waals surface area contributed by atoms with Gasteiger partial charge in [-0.1, -0.05) is 12.1 Å². The van der Waals surface area contributed by atoms with Crippen molar-refractivity contribution in [3.8, 4) is 5.75 Å². The third kappa shape index (κ3) is 3.79. The fourth-order valence-corrected chi connectivity index (χ4v) is 2.92. The zero-order chi connectivity index (χ0) is 15.4. The summed E-state index contributed by atoms with van der Waals surface area (Å²) in [7, 11) is 1.48. The molecular weight excluding hydrogens is 284 g/mol. The number of ether oxygens (including phenoxy) is 1. The number of benzene rings is 2. The van der Waals surface area contributed by atoms with Crippen molar-refractivity contribution in [2.75, 3.05) is 7.11 Å². The Kier molecular flexibility index (Phi) is 4.91. The van der Waals surface area contributed by atoms with E-state index in [1.807, 2.05) is 6.07 Å². The van der Waals surface area contributed by atoms with Gasteiger partial charge < -0.3 is 9.84 Å². The molecule has 0 fully saturated rings. The Bertz CT molecular complexity index is 665. The number of methoxy groups -OCH3 is 1. The van der Waals surface area contributed by atoms with Gasteiger partial charge in [-0.05, 0) is 54.8 Å². The predicted octanol–water partition coefficient (Wildman–Crippen LogP) is 4.30. The molecule has 110 valence electrons. The average Bonchev–Trinajstić information content (AvgIpc) is 2.48. The highest BCUT2D eigenvalue weighted by atomic mass is 32.2. The van der Waals surface area contributed by atoms with Crippen molar-refractivity contribution in [3.63, 3.8) is 0 Å². The van der Waals surface area contributed by atoms with E-state index < -0.39 is 5.97 Å². The summed E-state index contributed by atoms with van der Waals surface area (Å²) in [6.07, 6.45) is 0. The van der Waals surface area contributed by atoms with Crippen LogP contribution in [0.5, 0.6) is 5.75 Å². The van der Waals surface area contributed by atoms with Gasteiger partial charge in [0.15, 0.2) is 0 Å². The van der Waals surface area contributed by atoms with Gasteiger partial charge in [0, 0.05) is 10.6 Å². The van der Waals surface area contributed by atoms with Crippen molar-refractivity contribution in [1.82, 2.24) is 0 Å². The number of hydrogen-bond donors (Lipinski definition) is 1. The number of aromatic carboxylic acids is 1. The van der Waals surface area contributed by atoms with Crippen LogP contribution in [-0.4, -0.2) is 18.2 Å². The van der Waals surface area contributed by atoms with Crippen LogP contribution in [0.1, 0.15) is 27.0 Å². The summed E-state index contributed by atoms with van der Waals surface area (Å²) in [5, 5.41) is 9.19. The topological polar surface area (TPSA) is 46.5 Å². The molecule has 4 heteroatoms. The summed E-state index contributed by atoms with van der Waals surface area (Å²) >= 11 is 1.70. The van der Waals surface area contributed by atoms with Crippen molar-refractivity contribution >= 4 is 17.7 Å². The molecule has 0 aliphatic rings. The van der Waals surface area contributed by atoms with Gasteiger partial charge in [-0.25, -0.2) is 4.79 Å². The lowest BCUT2D eigenvalue weighted by Crippen LogP contribution is -2.01. The van der Waals surface area contributed by atoms with Crippen LogP contribution in [0.25, 0.3) is 0 Å². The maximum atomic E-state index is 11.2. The first-order valence-electron chi connectivity index (χ1n) is 6.61. The number of aryl methyl sites for hydroxylation is 2. The SMILES string of the molecule is COc1ccc(CSc2ccc(C)c(C)c2)cc1C(=O)O. The third-order valence-corrected chi connectivity index (χ3v) is 4.44. The van der Waals surface area contributed by atoms with Crippen molar-refractivity contribution in [2.45, 2.75) is 24.5 Å². The van der Waals surface area contributed by atoms with E-state index in [0.717, 1.165) is 11.3 Å². The van der Waals surface area contributed by atoms with Gasteiger partial charge in [0.2, 0.25) is 0 Å². The minimum Gasteiger partial charge on any atom is -0.496 e. The monoisotopic (exact) mass is 302 g/mol.